The highest BCUT2D eigenvalue weighted by Gasteiger charge is 2.23. The van der Waals surface area contributed by atoms with Crippen molar-refractivity contribution >= 4 is 28.9 Å². The number of carbonyl (C=O) groups is 2. The van der Waals surface area contributed by atoms with E-state index in [2.05, 4.69) is 5.32 Å². The van der Waals surface area contributed by atoms with Gasteiger partial charge >= 0.3 is 5.97 Å². The number of esters is 1. The lowest BCUT2D eigenvalue weighted by Gasteiger charge is -2.16. The summed E-state index contributed by atoms with van der Waals surface area (Å²) in [5.74, 6) is 0.00424. The van der Waals surface area contributed by atoms with Crippen LogP contribution in [0.15, 0.2) is 48.5 Å². The van der Waals surface area contributed by atoms with Gasteiger partial charge in [0.05, 0.1) is 7.11 Å². The van der Waals surface area contributed by atoms with Gasteiger partial charge in [0, 0.05) is 10.6 Å². The van der Waals surface area contributed by atoms with E-state index in [0.717, 1.165) is 40.2 Å². The van der Waals surface area contributed by atoms with Gasteiger partial charge in [0.15, 0.2) is 6.61 Å². The van der Waals surface area contributed by atoms with Crippen LogP contribution < -0.4 is 10.1 Å². The Balaban J connectivity index is 1.42. The second kappa shape index (κ2) is 8.09. The molecular weight excluding hydrogens is 386 g/mol. The van der Waals surface area contributed by atoms with Crippen LogP contribution in [0.4, 0.5) is 5.69 Å². The van der Waals surface area contributed by atoms with Gasteiger partial charge in [-0.25, -0.2) is 4.79 Å². The molecule has 0 spiro atoms. The highest BCUT2D eigenvalue weighted by molar-refractivity contribution is 7.17. The molecule has 4 rings (SSSR count). The Hall–Kier alpha value is -3.12. The van der Waals surface area contributed by atoms with E-state index < -0.39 is 5.97 Å². The van der Waals surface area contributed by atoms with Gasteiger partial charge in [-0.3, -0.25) is 4.79 Å². The van der Waals surface area contributed by atoms with Crippen molar-refractivity contribution in [1.82, 2.24) is 0 Å². The monoisotopic (exact) mass is 407 g/mol. The van der Waals surface area contributed by atoms with E-state index in [1.807, 2.05) is 49.4 Å². The first-order chi connectivity index (χ1) is 14.0. The number of carbonyl (C=O) groups excluding carboxylic acids is 2. The first-order valence-corrected chi connectivity index (χ1v) is 10.2. The fraction of sp³-hybridized carbons (Fsp3) is 0.217. The highest BCUT2D eigenvalue weighted by Crippen LogP contribution is 2.41. The summed E-state index contributed by atoms with van der Waals surface area (Å²) in [7, 11) is 1.66. The summed E-state index contributed by atoms with van der Waals surface area (Å²) in [6.07, 6.45) is 1.77. The molecule has 5 nitrogen and oxygen atoms in total. The Bertz CT molecular complexity index is 1090. The summed E-state index contributed by atoms with van der Waals surface area (Å²) < 4.78 is 10.5. The average molecular weight is 407 g/mol. The number of hydrogen-bond donors (Lipinski definition) is 1. The van der Waals surface area contributed by atoms with Gasteiger partial charge in [0.25, 0.3) is 5.91 Å². The number of thiophene rings is 1. The van der Waals surface area contributed by atoms with Gasteiger partial charge in [-0.1, -0.05) is 12.1 Å². The molecule has 1 aromatic heterocycles. The molecule has 148 valence electrons. The van der Waals surface area contributed by atoms with E-state index in [1.54, 1.807) is 13.2 Å². The minimum Gasteiger partial charge on any atom is -0.497 e. The number of benzene rings is 2. The van der Waals surface area contributed by atoms with Crippen LogP contribution in [0.1, 0.15) is 26.4 Å². The molecule has 1 aliphatic rings. The van der Waals surface area contributed by atoms with E-state index >= 15 is 0 Å². The molecule has 3 aromatic rings. The van der Waals surface area contributed by atoms with Gasteiger partial charge in [0.1, 0.15) is 10.6 Å². The van der Waals surface area contributed by atoms with E-state index in [-0.39, 0.29) is 12.5 Å². The number of aryl methyl sites for hydroxylation is 3. The van der Waals surface area contributed by atoms with Crippen LogP contribution in [0, 0.1) is 6.92 Å². The quantitative estimate of drug-likeness (QED) is 0.627. The summed E-state index contributed by atoms with van der Waals surface area (Å²) >= 11 is 1.41. The Kier molecular flexibility index (Phi) is 5.36. The van der Waals surface area contributed by atoms with Crippen molar-refractivity contribution in [2.45, 2.75) is 19.8 Å². The SMILES string of the molecule is COc1ccc2c(c1)CCc1cc(C(=O)OCC(=O)Nc3cccc(C)c3)sc1-2. The zero-order chi connectivity index (χ0) is 20.4. The average Bonchev–Trinajstić information content (AvgIpc) is 3.16. The van der Waals surface area contributed by atoms with Crippen molar-refractivity contribution in [3.8, 4) is 16.2 Å². The van der Waals surface area contributed by atoms with E-state index in [1.165, 1.54) is 16.9 Å². The van der Waals surface area contributed by atoms with Gasteiger partial charge in [-0.05, 0) is 78.4 Å². The Morgan fingerprint density at radius 1 is 1.07 bits per heavy atom. The number of fused-ring (bicyclic) bond motifs is 3. The molecule has 0 saturated heterocycles. The normalized spacial score (nSPS) is 11.9. The molecule has 0 bridgehead atoms. The molecule has 0 saturated carbocycles. The molecule has 0 atom stereocenters. The van der Waals surface area contributed by atoms with E-state index in [4.69, 9.17) is 9.47 Å². The predicted octanol–water partition coefficient (Wildman–Crippen LogP) is 4.63. The van der Waals surface area contributed by atoms with Gasteiger partial charge in [0.2, 0.25) is 0 Å². The van der Waals surface area contributed by atoms with Crippen LogP contribution in [-0.2, 0) is 22.4 Å². The molecule has 1 aliphatic carbocycles. The van der Waals surface area contributed by atoms with Gasteiger partial charge in [-0.2, -0.15) is 0 Å². The third-order valence-corrected chi connectivity index (χ3v) is 6.06. The highest BCUT2D eigenvalue weighted by atomic mass is 32.1. The van der Waals surface area contributed by atoms with E-state index in [9.17, 15) is 9.59 Å². The lowest BCUT2D eigenvalue weighted by atomic mass is 9.91. The molecule has 1 amide bonds. The minimum absolute atomic E-state index is 0.316. The number of nitrogens with one attached hydrogen (secondary N) is 1. The third kappa shape index (κ3) is 4.17. The number of rotatable bonds is 5. The smallest absolute Gasteiger partial charge is 0.348 e. The van der Waals surface area contributed by atoms with Crippen molar-refractivity contribution in [3.63, 3.8) is 0 Å². The largest absolute Gasteiger partial charge is 0.497 e. The lowest BCUT2D eigenvalue weighted by Crippen LogP contribution is -2.20. The third-order valence-electron chi connectivity index (χ3n) is 4.87. The number of anilines is 1. The van der Waals surface area contributed by atoms with Crippen LogP contribution >= 0.6 is 11.3 Å². The van der Waals surface area contributed by atoms with Crippen molar-refractivity contribution in [3.05, 3.63) is 70.1 Å². The molecule has 1 heterocycles. The Morgan fingerprint density at radius 2 is 1.90 bits per heavy atom. The van der Waals surface area contributed by atoms with Crippen molar-refractivity contribution in [2.24, 2.45) is 0 Å². The van der Waals surface area contributed by atoms with Crippen LogP contribution in [0.3, 0.4) is 0 Å². The zero-order valence-corrected chi connectivity index (χ0v) is 17.1. The first kappa shape index (κ1) is 19.2. The number of methoxy groups -OCH3 is 1. The van der Waals surface area contributed by atoms with Crippen molar-refractivity contribution in [1.29, 1.82) is 0 Å². The van der Waals surface area contributed by atoms with Gasteiger partial charge in [-0.15, -0.1) is 11.3 Å². The maximum absolute atomic E-state index is 12.5. The maximum Gasteiger partial charge on any atom is 0.348 e. The number of ether oxygens (including phenoxy) is 2. The fourth-order valence-electron chi connectivity index (χ4n) is 3.46. The molecule has 6 heteroatoms. The second-order valence-electron chi connectivity index (χ2n) is 6.98. The molecule has 2 aromatic carbocycles. The van der Waals surface area contributed by atoms with Crippen molar-refractivity contribution in [2.75, 3.05) is 19.0 Å². The standard InChI is InChI=1S/C23H21NO4S/c1-14-4-3-5-17(10-14)24-21(25)13-28-23(26)20-12-16-7-6-15-11-18(27-2)8-9-19(15)22(16)29-20/h3-5,8-12H,6-7,13H2,1-2H3,(H,24,25). The second-order valence-corrected chi connectivity index (χ2v) is 8.03. The summed E-state index contributed by atoms with van der Waals surface area (Å²) in [4.78, 5) is 26.2. The summed E-state index contributed by atoms with van der Waals surface area (Å²) in [5, 5.41) is 2.74. The van der Waals surface area contributed by atoms with Crippen molar-refractivity contribution < 1.29 is 19.1 Å². The summed E-state index contributed by atoms with van der Waals surface area (Å²) in [6.45, 7) is 1.63. The van der Waals surface area contributed by atoms with Gasteiger partial charge < -0.3 is 14.8 Å². The van der Waals surface area contributed by atoms with Crippen LogP contribution in [0.25, 0.3) is 10.4 Å². The zero-order valence-electron chi connectivity index (χ0n) is 16.3. The lowest BCUT2D eigenvalue weighted by molar-refractivity contribution is -0.119. The fourth-order valence-corrected chi connectivity index (χ4v) is 4.62. The van der Waals surface area contributed by atoms with Crippen LogP contribution in [0.2, 0.25) is 0 Å². The molecule has 0 aliphatic heterocycles. The van der Waals surface area contributed by atoms with E-state index in [0.29, 0.717) is 10.6 Å². The Labute approximate surface area is 173 Å². The summed E-state index contributed by atoms with van der Waals surface area (Å²) in [6, 6.07) is 15.4. The molecule has 0 radical (unpaired) electrons. The van der Waals surface area contributed by atoms with Crippen LogP contribution in [0.5, 0.6) is 5.75 Å². The topological polar surface area (TPSA) is 64.6 Å². The maximum atomic E-state index is 12.5. The first-order valence-electron chi connectivity index (χ1n) is 9.37. The predicted molar refractivity (Wildman–Crippen MR) is 114 cm³/mol. The summed E-state index contributed by atoms with van der Waals surface area (Å²) in [5.41, 5.74) is 5.22. The molecule has 0 fully saturated rings. The molecular formula is C23H21NO4S. The molecule has 29 heavy (non-hydrogen) atoms. The van der Waals surface area contributed by atoms with Crippen LogP contribution in [-0.4, -0.2) is 25.6 Å². The minimum atomic E-state index is -0.473. The molecule has 1 N–H and O–H groups in total. The number of amides is 1. The number of hydrogen-bond acceptors (Lipinski definition) is 5. The molecule has 0 unspecified atom stereocenters. The Morgan fingerprint density at radius 3 is 2.69 bits per heavy atom.